The van der Waals surface area contributed by atoms with Crippen LogP contribution in [0.2, 0.25) is 0 Å². The monoisotopic (exact) mass is 251 g/mol. The Morgan fingerprint density at radius 1 is 0.944 bits per heavy atom. The summed E-state index contributed by atoms with van der Waals surface area (Å²) in [5.41, 5.74) is 1.65. The Hall–Kier alpha value is -0.460. The predicted octanol–water partition coefficient (Wildman–Crippen LogP) is 5.52. The molecule has 1 nitrogen and oxygen atoms in total. The van der Waals surface area contributed by atoms with Gasteiger partial charge >= 0.3 is 0 Å². The highest BCUT2D eigenvalue weighted by molar-refractivity contribution is 5.05. The molecule has 0 radical (unpaired) electrons. The molecule has 0 N–H and O–H groups in total. The molecule has 18 heavy (non-hydrogen) atoms. The molecule has 0 spiro atoms. The van der Waals surface area contributed by atoms with Crippen LogP contribution in [0, 0.1) is 0 Å². The van der Waals surface area contributed by atoms with Gasteiger partial charge in [-0.25, -0.2) is 0 Å². The normalized spacial score (nSPS) is 17.9. The molecule has 0 aliphatic carbocycles. The molecule has 0 aromatic heterocycles. The molecule has 0 amide bonds. The van der Waals surface area contributed by atoms with Crippen molar-refractivity contribution in [1.82, 2.24) is 4.90 Å². The van der Waals surface area contributed by atoms with E-state index in [1.54, 1.807) is 5.70 Å². The summed E-state index contributed by atoms with van der Waals surface area (Å²) in [4.78, 5) is 2.63. The van der Waals surface area contributed by atoms with Crippen molar-refractivity contribution in [3.63, 3.8) is 0 Å². The van der Waals surface area contributed by atoms with Crippen molar-refractivity contribution in [1.29, 1.82) is 0 Å². The average molecular weight is 251 g/mol. The Kier molecular flexibility index (Phi) is 9.06. The van der Waals surface area contributed by atoms with Crippen LogP contribution in [0.15, 0.2) is 11.8 Å². The second kappa shape index (κ2) is 10.5. The molecule has 1 fully saturated rings. The van der Waals surface area contributed by atoms with Crippen LogP contribution in [-0.2, 0) is 0 Å². The number of likely N-dealkylation sites (tertiary alicyclic amines) is 1. The first-order valence-corrected chi connectivity index (χ1v) is 8.32. The summed E-state index contributed by atoms with van der Waals surface area (Å²) < 4.78 is 0. The number of hydrogen-bond acceptors (Lipinski definition) is 1. The highest BCUT2D eigenvalue weighted by Crippen LogP contribution is 2.22. The van der Waals surface area contributed by atoms with E-state index in [0.29, 0.717) is 0 Å². The van der Waals surface area contributed by atoms with Gasteiger partial charge in [0, 0.05) is 18.8 Å². The molecule has 0 unspecified atom stereocenters. The van der Waals surface area contributed by atoms with Crippen molar-refractivity contribution in [3.05, 3.63) is 11.8 Å². The van der Waals surface area contributed by atoms with Gasteiger partial charge in [-0.05, 0) is 32.1 Å². The third-order valence-corrected chi connectivity index (χ3v) is 3.99. The molecule has 0 aromatic carbocycles. The molecule has 0 bridgehead atoms. The second-order valence-corrected chi connectivity index (χ2v) is 5.70. The Labute approximate surface area is 115 Å². The van der Waals surface area contributed by atoms with Gasteiger partial charge in [0.05, 0.1) is 0 Å². The number of rotatable bonds is 10. The number of hydrogen-bond donors (Lipinski definition) is 0. The highest BCUT2D eigenvalue weighted by Gasteiger charge is 2.15. The third kappa shape index (κ3) is 6.47. The van der Waals surface area contributed by atoms with Crippen molar-refractivity contribution in [2.75, 3.05) is 13.1 Å². The van der Waals surface area contributed by atoms with Gasteiger partial charge in [-0.1, -0.05) is 58.4 Å². The molecule has 1 heteroatoms. The Bertz CT molecular complexity index is 220. The smallest absolute Gasteiger partial charge is 0.0178 e. The van der Waals surface area contributed by atoms with Gasteiger partial charge < -0.3 is 4.90 Å². The van der Waals surface area contributed by atoms with Crippen LogP contribution in [-0.4, -0.2) is 18.0 Å². The summed E-state index contributed by atoms with van der Waals surface area (Å²) >= 11 is 0. The zero-order chi connectivity index (χ0) is 13.1. The van der Waals surface area contributed by atoms with Crippen molar-refractivity contribution < 1.29 is 0 Å². The van der Waals surface area contributed by atoms with E-state index in [9.17, 15) is 0 Å². The molecule has 1 aliphatic heterocycles. The Morgan fingerprint density at radius 3 is 2.44 bits per heavy atom. The van der Waals surface area contributed by atoms with Crippen LogP contribution in [0.1, 0.15) is 84.5 Å². The van der Waals surface area contributed by atoms with E-state index in [4.69, 9.17) is 0 Å². The maximum atomic E-state index is 2.63. The summed E-state index contributed by atoms with van der Waals surface area (Å²) in [6, 6.07) is 0. The molecule has 106 valence electrons. The molecule has 1 saturated heterocycles. The van der Waals surface area contributed by atoms with Crippen LogP contribution >= 0.6 is 0 Å². The third-order valence-electron chi connectivity index (χ3n) is 3.99. The SMILES string of the molecule is CCCCCCCCC=C1CCCN1CCCC. The van der Waals surface area contributed by atoms with E-state index in [1.807, 2.05) is 0 Å². The van der Waals surface area contributed by atoms with Gasteiger partial charge in [0.25, 0.3) is 0 Å². The topological polar surface area (TPSA) is 3.24 Å². The first kappa shape index (κ1) is 15.6. The van der Waals surface area contributed by atoms with Gasteiger partial charge in [-0.15, -0.1) is 0 Å². The van der Waals surface area contributed by atoms with Crippen LogP contribution in [0.3, 0.4) is 0 Å². The number of unbranched alkanes of at least 4 members (excludes halogenated alkanes) is 7. The zero-order valence-electron chi connectivity index (χ0n) is 12.7. The lowest BCUT2D eigenvalue weighted by atomic mass is 10.1. The van der Waals surface area contributed by atoms with Gasteiger partial charge in [0.2, 0.25) is 0 Å². The van der Waals surface area contributed by atoms with E-state index in [2.05, 4.69) is 24.8 Å². The van der Waals surface area contributed by atoms with E-state index < -0.39 is 0 Å². The number of nitrogens with zero attached hydrogens (tertiary/aromatic N) is 1. The molecule has 1 heterocycles. The Morgan fingerprint density at radius 2 is 1.67 bits per heavy atom. The van der Waals surface area contributed by atoms with Crippen molar-refractivity contribution >= 4 is 0 Å². The van der Waals surface area contributed by atoms with Gasteiger partial charge in [0.15, 0.2) is 0 Å². The van der Waals surface area contributed by atoms with Gasteiger partial charge in [-0.3, -0.25) is 0 Å². The van der Waals surface area contributed by atoms with Gasteiger partial charge in [-0.2, -0.15) is 0 Å². The minimum atomic E-state index is 1.29. The fourth-order valence-corrected chi connectivity index (χ4v) is 2.78. The Balaban J connectivity index is 2.08. The minimum absolute atomic E-state index is 1.29. The van der Waals surface area contributed by atoms with Crippen molar-refractivity contribution in [2.24, 2.45) is 0 Å². The first-order valence-electron chi connectivity index (χ1n) is 8.32. The summed E-state index contributed by atoms with van der Waals surface area (Å²) in [5, 5.41) is 0. The second-order valence-electron chi connectivity index (χ2n) is 5.70. The molecule has 1 aliphatic rings. The largest absolute Gasteiger partial charge is 0.375 e. The van der Waals surface area contributed by atoms with Crippen LogP contribution in [0.25, 0.3) is 0 Å². The van der Waals surface area contributed by atoms with Gasteiger partial charge in [0.1, 0.15) is 0 Å². The maximum absolute atomic E-state index is 2.63. The highest BCUT2D eigenvalue weighted by atomic mass is 15.1. The zero-order valence-corrected chi connectivity index (χ0v) is 12.7. The minimum Gasteiger partial charge on any atom is -0.375 e. The van der Waals surface area contributed by atoms with Crippen LogP contribution in [0.4, 0.5) is 0 Å². The van der Waals surface area contributed by atoms with E-state index in [0.717, 1.165) is 0 Å². The van der Waals surface area contributed by atoms with Crippen molar-refractivity contribution in [2.45, 2.75) is 84.5 Å². The maximum Gasteiger partial charge on any atom is 0.0178 e. The molecule has 0 saturated carbocycles. The first-order chi connectivity index (χ1) is 8.88. The van der Waals surface area contributed by atoms with Crippen LogP contribution in [0.5, 0.6) is 0 Å². The van der Waals surface area contributed by atoms with Crippen molar-refractivity contribution in [3.8, 4) is 0 Å². The van der Waals surface area contributed by atoms with E-state index >= 15 is 0 Å². The number of allylic oxidation sites excluding steroid dienone is 2. The van der Waals surface area contributed by atoms with Crippen LogP contribution < -0.4 is 0 Å². The lowest BCUT2D eigenvalue weighted by molar-refractivity contribution is 0.381. The summed E-state index contributed by atoms with van der Waals surface area (Å²) in [6.07, 6.45) is 17.7. The predicted molar refractivity (Wildman–Crippen MR) is 81.8 cm³/mol. The van der Waals surface area contributed by atoms with E-state index in [-0.39, 0.29) is 0 Å². The molecule has 1 rings (SSSR count). The van der Waals surface area contributed by atoms with E-state index in [1.165, 1.54) is 83.7 Å². The lowest BCUT2D eigenvalue weighted by Gasteiger charge is -2.19. The molecular formula is C17H33N. The molecule has 0 atom stereocenters. The average Bonchev–Trinajstić information content (AvgIpc) is 2.83. The molecular weight excluding hydrogens is 218 g/mol. The summed E-state index contributed by atoms with van der Waals surface area (Å²) in [7, 11) is 0. The quantitative estimate of drug-likeness (QED) is 0.462. The molecule has 0 aromatic rings. The summed E-state index contributed by atoms with van der Waals surface area (Å²) in [6.45, 7) is 7.17. The standard InChI is InChI=1S/C17H33N/c1-3-5-7-8-9-10-11-13-17-14-12-16-18(17)15-6-4-2/h13H,3-12,14-16H2,1-2H3. The fourth-order valence-electron chi connectivity index (χ4n) is 2.78. The lowest BCUT2D eigenvalue weighted by Crippen LogP contribution is -2.18. The fraction of sp³-hybridized carbons (Fsp3) is 0.882. The summed E-state index contributed by atoms with van der Waals surface area (Å²) in [5.74, 6) is 0.